The van der Waals surface area contributed by atoms with E-state index in [4.69, 9.17) is 21.1 Å². The van der Waals surface area contributed by atoms with Crippen molar-refractivity contribution in [3.63, 3.8) is 0 Å². The van der Waals surface area contributed by atoms with Gasteiger partial charge in [0, 0.05) is 29.4 Å². The Morgan fingerprint density at radius 2 is 1.90 bits per heavy atom. The number of hydrogen-bond acceptors (Lipinski definition) is 8. The number of aliphatic hydroxyl groups excluding tert-OH is 3. The molecule has 0 unspecified atom stereocenters. The molecular formula is C28H30ClF3N4O6. The Morgan fingerprint density at radius 1 is 1.14 bits per heavy atom. The van der Waals surface area contributed by atoms with Crippen LogP contribution in [0.25, 0.3) is 11.3 Å². The molecule has 42 heavy (non-hydrogen) atoms. The summed E-state index contributed by atoms with van der Waals surface area (Å²) >= 11 is 5.99. The van der Waals surface area contributed by atoms with Crippen LogP contribution in [-0.2, 0) is 14.3 Å². The van der Waals surface area contributed by atoms with Crippen molar-refractivity contribution in [2.75, 3.05) is 18.6 Å². The first-order chi connectivity index (χ1) is 20.1. The van der Waals surface area contributed by atoms with Crippen molar-refractivity contribution in [2.24, 2.45) is 0 Å². The molecule has 1 aliphatic heterocycles. The van der Waals surface area contributed by atoms with Crippen LogP contribution in [0.2, 0.25) is 5.02 Å². The number of halogens is 4. The van der Waals surface area contributed by atoms with E-state index in [-0.39, 0.29) is 16.4 Å². The number of rotatable bonds is 7. The Balaban J connectivity index is 1.54. The highest BCUT2D eigenvalue weighted by Crippen LogP contribution is 2.36. The second-order valence-corrected chi connectivity index (χ2v) is 10.9. The fourth-order valence-electron chi connectivity index (χ4n) is 5.76. The van der Waals surface area contributed by atoms with E-state index < -0.39 is 72.6 Å². The van der Waals surface area contributed by atoms with Crippen LogP contribution in [0.3, 0.4) is 0 Å². The number of benzene rings is 2. The van der Waals surface area contributed by atoms with Crippen LogP contribution in [0.5, 0.6) is 0 Å². The molecule has 0 spiro atoms. The van der Waals surface area contributed by atoms with E-state index >= 15 is 0 Å². The van der Waals surface area contributed by atoms with Gasteiger partial charge < -0.3 is 29.7 Å². The molecule has 1 saturated heterocycles. The summed E-state index contributed by atoms with van der Waals surface area (Å²) in [5.74, 6) is -3.64. The number of ether oxygens (including phenoxy) is 2. The van der Waals surface area contributed by atoms with E-state index in [1.54, 1.807) is 0 Å². The van der Waals surface area contributed by atoms with Crippen molar-refractivity contribution in [3.8, 4) is 11.3 Å². The number of anilines is 1. The van der Waals surface area contributed by atoms with E-state index in [1.807, 2.05) is 0 Å². The molecule has 5 rings (SSSR count). The predicted octanol–water partition coefficient (Wildman–Crippen LogP) is 3.03. The summed E-state index contributed by atoms with van der Waals surface area (Å²) in [5, 5.41) is 40.4. The number of methoxy groups -OCH3 is 1. The lowest BCUT2D eigenvalue weighted by atomic mass is 9.88. The third-order valence-electron chi connectivity index (χ3n) is 7.80. The first-order valence-corrected chi connectivity index (χ1v) is 13.8. The van der Waals surface area contributed by atoms with E-state index in [2.05, 4.69) is 10.3 Å². The summed E-state index contributed by atoms with van der Waals surface area (Å²) in [4.78, 5) is 15.5. The highest BCUT2D eigenvalue weighted by molar-refractivity contribution is 6.30. The molecule has 0 radical (unpaired) electrons. The highest BCUT2D eigenvalue weighted by Gasteiger charge is 2.52. The molecule has 7 atom stereocenters. The molecule has 2 aromatic carbocycles. The third-order valence-corrected chi connectivity index (χ3v) is 8.02. The average molecular weight is 611 g/mol. The molecule has 1 amide bonds. The standard InChI is InChI=1S/C28H30ClF3N4O6/c1-41-26-24(35-12-20(33-34-35)14-8-15(29)10-16(30)9-14)25(39)23(13-37)42-27(26)28(40)36(21-4-2-3-5-22(21)38)17-6-7-18(31)19(32)11-17/h6-12,21-27,37-39H,2-5,13H2,1H3/t21-,22-,23+,24-,25-,26+,27+/m0/s1. The summed E-state index contributed by atoms with van der Waals surface area (Å²) in [7, 11) is 1.29. The zero-order valence-corrected chi connectivity index (χ0v) is 23.2. The topological polar surface area (TPSA) is 130 Å². The largest absolute Gasteiger partial charge is 0.394 e. The van der Waals surface area contributed by atoms with Gasteiger partial charge in [0.15, 0.2) is 17.7 Å². The minimum absolute atomic E-state index is 0.00227. The molecule has 3 N–H and O–H groups in total. The summed E-state index contributed by atoms with van der Waals surface area (Å²) in [6.07, 6.45) is -2.80. The molecule has 0 bridgehead atoms. The molecule has 3 aromatic rings. The van der Waals surface area contributed by atoms with Gasteiger partial charge in [0.05, 0.1) is 24.9 Å². The fourth-order valence-corrected chi connectivity index (χ4v) is 5.98. The first kappa shape index (κ1) is 30.4. The normalized spacial score (nSPS) is 28.0. The van der Waals surface area contributed by atoms with Gasteiger partial charge in [-0.1, -0.05) is 29.7 Å². The minimum atomic E-state index is -1.49. The van der Waals surface area contributed by atoms with Crippen molar-refractivity contribution >= 4 is 23.2 Å². The molecule has 1 aliphatic carbocycles. The number of carbonyl (C=O) groups is 1. The van der Waals surface area contributed by atoms with Crippen molar-refractivity contribution in [1.29, 1.82) is 0 Å². The second-order valence-electron chi connectivity index (χ2n) is 10.4. The monoisotopic (exact) mass is 610 g/mol. The molecule has 2 aliphatic rings. The van der Waals surface area contributed by atoms with Gasteiger partial charge in [-0.05, 0) is 43.2 Å². The lowest BCUT2D eigenvalue weighted by molar-refractivity contribution is -0.211. The van der Waals surface area contributed by atoms with Gasteiger partial charge in [0.25, 0.3) is 5.91 Å². The van der Waals surface area contributed by atoms with Crippen LogP contribution >= 0.6 is 11.6 Å². The Hall–Kier alpha value is -3.07. The summed E-state index contributed by atoms with van der Waals surface area (Å²) in [6, 6.07) is 4.86. The first-order valence-electron chi connectivity index (χ1n) is 13.4. The van der Waals surface area contributed by atoms with Gasteiger partial charge in [-0.3, -0.25) is 4.79 Å². The van der Waals surface area contributed by atoms with Gasteiger partial charge in [-0.15, -0.1) is 5.10 Å². The number of aromatic nitrogens is 3. The SMILES string of the molecule is CO[C@@H]1[C@@H](n2cc(-c3cc(F)cc(Cl)c3)nn2)[C@@H](O)[C@@H](CO)O[C@H]1C(=O)N(c1ccc(F)c(F)c1)[C@H]1CCCC[C@@H]1O. The summed E-state index contributed by atoms with van der Waals surface area (Å²) < 4.78 is 54.9. The molecule has 2 heterocycles. The smallest absolute Gasteiger partial charge is 0.259 e. The predicted molar refractivity (Wildman–Crippen MR) is 144 cm³/mol. The van der Waals surface area contributed by atoms with Gasteiger partial charge >= 0.3 is 0 Å². The quantitative estimate of drug-likeness (QED) is 0.372. The third kappa shape index (κ3) is 5.90. The maximum absolute atomic E-state index is 14.3. The Bertz CT molecular complexity index is 1410. The molecule has 226 valence electrons. The van der Waals surface area contributed by atoms with Gasteiger partial charge in [0.2, 0.25) is 0 Å². The number of carbonyl (C=O) groups excluding carboxylic acids is 1. The lowest BCUT2D eigenvalue weighted by Gasteiger charge is -2.46. The fraction of sp³-hybridized carbons (Fsp3) is 0.464. The van der Waals surface area contributed by atoms with E-state index in [1.165, 1.54) is 41.1 Å². The summed E-state index contributed by atoms with van der Waals surface area (Å²) in [6.45, 7) is -0.684. The van der Waals surface area contributed by atoms with E-state index in [0.717, 1.165) is 24.6 Å². The van der Waals surface area contributed by atoms with Gasteiger partial charge in [-0.2, -0.15) is 0 Å². The second kappa shape index (κ2) is 12.7. The molecular weight excluding hydrogens is 581 g/mol. The highest BCUT2D eigenvalue weighted by atomic mass is 35.5. The van der Waals surface area contributed by atoms with Crippen LogP contribution in [0, 0.1) is 17.5 Å². The minimum Gasteiger partial charge on any atom is -0.394 e. The maximum atomic E-state index is 14.3. The number of hydrogen-bond donors (Lipinski definition) is 3. The van der Waals surface area contributed by atoms with Crippen LogP contribution in [0.15, 0.2) is 42.6 Å². The Morgan fingerprint density at radius 3 is 2.57 bits per heavy atom. The zero-order chi connectivity index (χ0) is 30.1. The lowest BCUT2D eigenvalue weighted by Crippen LogP contribution is -2.63. The van der Waals surface area contributed by atoms with E-state index in [0.29, 0.717) is 24.8 Å². The molecule has 10 nitrogen and oxygen atoms in total. The average Bonchev–Trinajstić information content (AvgIpc) is 3.45. The van der Waals surface area contributed by atoms with Gasteiger partial charge in [0.1, 0.15) is 35.9 Å². The van der Waals surface area contributed by atoms with Crippen molar-refractivity contribution in [1.82, 2.24) is 15.0 Å². The Kier molecular flexibility index (Phi) is 9.16. The van der Waals surface area contributed by atoms with Crippen molar-refractivity contribution < 1.29 is 42.8 Å². The van der Waals surface area contributed by atoms with Crippen LogP contribution in [0.1, 0.15) is 31.7 Å². The van der Waals surface area contributed by atoms with Crippen LogP contribution in [0.4, 0.5) is 18.9 Å². The number of amides is 1. The van der Waals surface area contributed by atoms with Crippen LogP contribution < -0.4 is 4.90 Å². The number of aliphatic hydroxyl groups is 3. The van der Waals surface area contributed by atoms with Crippen molar-refractivity contribution in [2.45, 2.75) is 68.3 Å². The molecule has 1 aromatic heterocycles. The molecule has 2 fully saturated rings. The Labute approximate surface area is 244 Å². The zero-order valence-electron chi connectivity index (χ0n) is 22.5. The summed E-state index contributed by atoms with van der Waals surface area (Å²) in [5.41, 5.74) is 0.517. The maximum Gasteiger partial charge on any atom is 0.259 e. The molecule has 1 saturated carbocycles. The number of nitrogens with zero attached hydrogens (tertiary/aromatic N) is 4. The van der Waals surface area contributed by atoms with Crippen LogP contribution in [-0.4, -0.2) is 86.5 Å². The molecule has 14 heteroatoms. The van der Waals surface area contributed by atoms with Crippen molar-refractivity contribution in [3.05, 3.63) is 65.1 Å². The van der Waals surface area contributed by atoms with Gasteiger partial charge in [-0.25, -0.2) is 17.9 Å². The van der Waals surface area contributed by atoms with E-state index in [9.17, 15) is 33.3 Å².